The summed E-state index contributed by atoms with van der Waals surface area (Å²) in [5.74, 6) is 0.0955. The highest BCUT2D eigenvalue weighted by Gasteiger charge is 2.13. The molecule has 1 N–H and O–H groups in total. The van der Waals surface area contributed by atoms with Crippen LogP contribution in [0.15, 0.2) is 42.5 Å². The molecule has 0 unspecified atom stereocenters. The van der Waals surface area contributed by atoms with Crippen LogP contribution in [0.4, 0.5) is 0 Å². The van der Waals surface area contributed by atoms with E-state index in [0.29, 0.717) is 15.8 Å². The summed E-state index contributed by atoms with van der Waals surface area (Å²) < 4.78 is 5.38. The number of rotatable bonds is 5. The second-order valence-corrected chi connectivity index (χ2v) is 5.84. The second kappa shape index (κ2) is 7.73. The van der Waals surface area contributed by atoms with E-state index >= 15 is 0 Å². The van der Waals surface area contributed by atoms with Crippen LogP contribution >= 0.6 is 34.8 Å². The van der Waals surface area contributed by atoms with E-state index in [-0.39, 0.29) is 23.6 Å². The molecular weight excluding hydrogens is 345 g/mol. The largest absolute Gasteiger partial charge is 0.482 e. The van der Waals surface area contributed by atoms with Gasteiger partial charge in [-0.05, 0) is 30.7 Å². The maximum absolute atomic E-state index is 12.0. The van der Waals surface area contributed by atoms with Crippen molar-refractivity contribution in [2.75, 3.05) is 6.61 Å². The number of nitrogens with one attached hydrogen (secondary N) is 1. The molecule has 1 atom stereocenters. The Bertz CT molecular complexity index is 676. The first kappa shape index (κ1) is 16.9. The van der Waals surface area contributed by atoms with Gasteiger partial charge in [0.25, 0.3) is 5.91 Å². The zero-order valence-corrected chi connectivity index (χ0v) is 14.0. The van der Waals surface area contributed by atoms with Crippen molar-refractivity contribution in [3.63, 3.8) is 0 Å². The van der Waals surface area contributed by atoms with Crippen LogP contribution in [0.3, 0.4) is 0 Å². The van der Waals surface area contributed by atoms with Crippen LogP contribution in [0.25, 0.3) is 0 Å². The van der Waals surface area contributed by atoms with Crippen LogP contribution in [0.5, 0.6) is 5.75 Å². The van der Waals surface area contributed by atoms with Gasteiger partial charge in [0.05, 0.1) is 11.1 Å². The van der Waals surface area contributed by atoms with Gasteiger partial charge in [0.15, 0.2) is 6.61 Å². The first-order valence-electron chi connectivity index (χ1n) is 6.59. The minimum absolute atomic E-state index is 0.158. The molecule has 0 bridgehead atoms. The lowest BCUT2D eigenvalue weighted by molar-refractivity contribution is -0.123. The van der Waals surface area contributed by atoms with E-state index in [2.05, 4.69) is 5.32 Å². The minimum Gasteiger partial charge on any atom is -0.482 e. The molecule has 2 aromatic rings. The number of amides is 1. The number of ether oxygens (including phenoxy) is 1. The lowest BCUT2D eigenvalue weighted by Gasteiger charge is -2.16. The summed E-state index contributed by atoms with van der Waals surface area (Å²) >= 11 is 18.0. The maximum atomic E-state index is 12.0. The first-order chi connectivity index (χ1) is 10.5. The molecule has 0 aliphatic heterocycles. The van der Waals surface area contributed by atoms with E-state index in [1.165, 1.54) is 0 Å². The Morgan fingerprint density at radius 3 is 2.50 bits per heavy atom. The van der Waals surface area contributed by atoms with Gasteiger partial charge in [-0.15, -0.1) is 0 Å². The lowest BCUT2D eigenvalue weighted by atomic mass is 10.1. The molecule has 0 heterocycles. The van der Waals surface area contributed by atoms with Crippen molar-refractivity contribution in [1.29, 1.82) is 0 Å². The predicted molar refractivity (Wildman–Crippen MR) is 90.0 cm³/mol. The highest BCUT2D eigenvalue weighted by atomic mass is 35.5. The van der Waals surface area contributed by atoms with Gasteiger partial charge in [-0.3, -0.25) is 4.79 Å². The Labute approximate surface area is 144 Å². The molecular formula is C16H14Cl3NO2. The normalized spacial score (nSPS) is 11.8. The number of hydrogen-bond acceptors (Lipinski definition) is 2. The number of hydrogen-bond donors (Lipinski definition) is 1. The Hall–Kier alpha value is -1.42. The molecule has 6 heteroatoms. The third kappa shape index (κ3) is 4.29. The van der Waals surface area contributed by atoms with Gasteiger partial charge in [-0.2, -0.15) is 0 Å². The molecule has 0 aromatic heterocycles. The highest BCUT2D eigenvalue weighted by molar-refractivity contribution is 6.42. The van der Waals surface area contributed by atoms with Crippen LogP contribution in [0, 0.1) is 0 Å². The molecule has 0 radical (unpaired) electrons. The Kier molecular flexibility index (Phi) is 5.95. The summed E-state index contributed by atoms with van der Waals surface area (Å²) in [6.07, 6.45) is 0. The first-order valence-corrected chi connectivity index (χ1v) is 7.73. The van der Waals surface area contributed by atoms with E-state index in [4.69, 9.17) is 39.5 Å². The predicted octanol–water partition coefficient (Wildman–Crippen LogP) is 4.90. The zero-order valence-electron chi connectivity index (χ0n) is 11.8. The molecule has 2 rings (SSSR count). The Morgan fingerprint density at radius 2 is 1.77 bits per heavy atom. The van der Waals surface area contributed by atoms with Crippen LogP contribution in [0.2, 0.25) is 15.1 Å². The van der Waals surface area contributed by atoms with E-state index < -0.39 is 0 Å². The van der Waals surface area contributed by atoms with Crippen molar-refractivity contribution >= 4 is 40.7 Å². The number of halogens is 3. The van der Waals surface area contributed by atoms with Crippen molar-refractivity contribution in [2.24, 2.45) is 0 Å². The molecule has 0 aliphatic carbocycles. The SMILES string of the molecule is C[C@H](NC(=O)COc1cccc(Cl)c1Cl)c1ccccc1Cl. The maximum Gasteiger partial charge on any atom is 0.258 e. The van der Waals surface area contributed by atoms with Crippen molar-refractivity contribution < 1.29 is 9.53 Å². The van der Waals surface area contributed by atoms with Crippen molar-refractivity contribution in [3.8, 4) is 5.75 Å². The Balaban J connectivity index is 1.93. The minimum atomic E-state index is -0.275. The summed E-state index contributed by atoms with van der Waals surface area (Å²) in [4.78, 5) is 12.0. The van der Waals surface area contributed by atoms with Crippen LogP contribution in [-0.2, 0) is 4.79 Å². The molecule has 22 heavy (non-hydrogen) atoms. The standard InChI is InChI=1S/C16H14Cl3NO2/c1-10(11-5-2-3-6-12(11)17)20-15(21)9-22-14-8-4-7-13(18)16(14)19/h2-8,10H,9H2,1H3,(H,20,21)/t10-/m0/s1. The average molecular weight is 359 g/mol. The van der Waals surface area contributed by atoms with Crippen LogP contribution in [0.1, 0.15) is 18.5 Å². The molecule has 0 saturated heterocycles. The smallest absolute Gasteiger partial charge is 0.258 e. The number of benzene rings is 2. The van der Waals surface area contributed by atoms with Gasteiger partial charge in [-0.25, -0.2) is 0 Å². The van der Waals surface area contributed by atoms with E-state index in [1.54, 1.807) is 24.3 Å². The van der Waals surface area contributed by atoms with E-state index in [0.717, 1.165) is 5.56 Å². The van der Waals surface area contributed by atoms with Crippen molar-refractivity contribution in [3.05, 3.63) is 63.1 Å². The molecule has 0 aliphatic rings. The molecule has 0 spiro atoms. The fraction of sp³-hybridized carbons (Fsp3) is 0.188. The molecule has 3 nitrogen and oxygen atoms in total. The highest BCUT2D eigenvalue weighted by Crippen LogP contribution is 2.31. The number of carbonyl (C=O) groups is 1. The average Bonchev–Trinajstić information content (AvgIpc) is 2.49. The van der Waals surface area contributed by atoms with Crippen molar-refractivity contribution in [2.45, 2.75) is 13.0 Å². The summed E-state index contributed by atoms with van der Waals surface area (Å²) in [5.41, 5.74) is 0.846. The van der Waals surface area contributed by atoms with Crippen LogP contribution < -0.4 is 10.1 Å². The number of carbonyl (C=O) groups excluding carboxylic acids is 1. The third-order valence-electron chi connectivity index (χ3n) is 3.02. The fourth-order valence-electron chi connectivity index (χ4n) is 1.93. The van der Waals surface area contributed by atoms with E-state index in [9.17, 15) is 4.79 Å². The summed E-state index contributed by atoms with van der Waals surface area (Å²) in [6, 6.07) is 12.1. The second-order valence-electron chi connectivity index (χ2n) is 4.65. The monoisotopic (exact) mass is 357 g/mol. The van der Waals surface area contributed by atoms with Gasteiger partial charge < -0.3 is 10.1 Å². The molecule has 0 saturated carbocycles. The molecule has 2 aromatic carbocycles. The van der Waals surface area contributed by atoms with Gasteiger partial charge in [-0.1, -0.05) is 59.1 Å². The van der Waals surface area contributed by atoms with Gasteiger partial charge in [0.1, 0.15) is 10.8 Å². The Morgan fingerprint density at radius 1 is 1.09 bits per heavy atom. The summed E-state index contributed by atoms with van der Waals surface area (Å²) in [5, 5.41) is 4.09. The summed E-state index contributed by atoms with van der Waals surface area (Å²) in [6.45, 7) is 1.69. The van der Waals surface area contributed by atoms with Gasteiger partial charge >= 0.3 is 0 Å². The van der Waals surface area contributed by atoms with E-state index in [1.807, 2.05) is 25.1 Å². The molecule has 116 valence electrons. The summed E-state index contributed by atoms with van der Waals surface area (Å²) in [7, 11) is 0. The lowest BCUT2D eigenvalue weighted by Crippen LogP contribution is -2.31. The van der Waals surface area contributed by atoms with Crippen molar-refractivity contribution in [1.82, 2.24) is 5.32 Å². The van der Waals surface area contributed by atoms with Gasteiger partial charge in [0.2, 0.25) is 0 Å². The fourth-order valence-corrected chi connectivity index (χ4v) is 2.57. The molecule has 0 fully saturated rings. The molecule has 1 amide bonds. The topological polar surface area (TPSA) is 38.3 Å². The zero-order chi connectivity index (χ0) is 16.1. The van der Waals surface area contributed by atoms with Gasteiger partial charge in [0, 0.05) is 5.02 Å². The quantitative estimate of drug-likeness (QED) is 0.825. The third-order valence-corrected chi connectivity index (χ3v) is 4.17. The van der Waals surface area contributed by atoms with Crippen LogP contribution in [-0.4, -0.2) is 12.5 Å².